The van der Waals surface area contributed by atoms with Crippen molar-refractivity contribution in [1.29, 1.82) is 0 Å². The van der Waals surface area contributed by atoms with E-state index in [-0.39, 0.29) is 42.3 Å². The molecule has 2 saturated carbocycles. The molecule has 2 fully saturated rings. The third-order valence-corrected chi connectivity index (χ3v) is 6.14. The minimum atomic E-state index is -1.12. The van der Waals surface area contributed by atoms with Gasteiger partial charge in [-0.25, -0.2) is 4.79 Å². The first-order valence-electron chi connectivity index (χ1n) is 11.7. The van der Waals surface area contributed by atoms with Gasteiger partial charge in [0.05, 0.1) is 18.1 Å². The van der Waals surface area contributed by atoms with Gasteiger partial charge < -0.3 is 18.9 Å². The van der Waals surface area contributed by atoms with Crippen molar-refractivity contribution in [2.75, 3.05) is 0 Å². The topological polar surface area (TPSA) is 71.1 Å². The van der Waals surface area contributed by atoms with Crippen LogP contribution in [0.2, 0.25) is 0 Å². The maximum Gasteiger partial charge on any atom is 0.338 e. The summed E-state index contributed by atoms with van der Waals surface area (Å²) < 4.78 is 24.0. The van der Waals surface area contributed by atoms with Crippen molar-refractivity contribution in [3.8, 4) is 0 Å². The fourth-order valence-electron chi connectivity index (χ4n) is 4.44. The third kappa shape index (κ3) is 6.68. The lowest BCUT2D eigenvalue weighted by Crippen LogP contribution is -2.52. The van der Waals surface area contributed by atoms with Gasteiger partial charge in [0.2, 0.25) is 0 Å². The molecule has 3 unspecified atom stereocenters. The standard InChI is InChI=1S/C24H42O6/c1-16(2)21(25)27-18-12-8-9-13-19(18)30-23(5,6)22(26)28-20-14-10-11-15-24(20,7)29-17(3)4/h16-20H,8-15H2,1-7H3/t18?,19?,20?,24-/m0/s1. The summed E-state index contributed by atoms with van der Waals surface area (Å²) in [6.45, 7) is 13.2. The second kappa shape index (κ2) is 10.4. The van der Waals surface area contributed by atoms with E-state index >= 15 is 0 Å². The second-order valence-corrected chi connectivity index (χ2v) is 10.2. The molecule has 174 valence electrons. The highest BCUT2D eigenvalue weighted by Crippen LogP contribution is 2.36. The summed E-state index contributed by atoms with van der Waals surface area (Å²) >= 11 is 0. The first-order valence-corrected chi connectivity index (χ1v) is 11.7. The highest BCUT2D eigenvalue weighted by atomic mass is 16.6. The van der Waals surface area contributed by atoms with E-state index in [0.717, 1.165) is 51.4 Å². The summed E-state index contributed by atoms with van der Waals surface area (Å²) in [7, 11) is 0. The largest absolute Gasteiger partial charge is 0.459 e. The molecule has 0 spiro atoms. The van der Waals surface area contributed by atoms with Gasteiger partial charge in [0.15, 0.2) is 5.60 Å². The smallest absolute Gasteiger partial charge is 0.338 e. The van der Waals surface area contributed by atoms with Crippen LogP contribution in [-0.4, -0.2) is 47.6 Å². The molecule has 6 nitrogen and oxygen atoms in total. The van der Waals surface area contributed by atoms with E-state index in [0.29, 0.717) is 0 Å². The molecule has 0 radical (unpaired) electrons. The van der Waals surface area contributed by atoms with Crippen molar-refractivity contribution < 1.29 is 28.5 Å². The lowest BCUT2D eigenvalue weighted by atomic mass is 9.83. The number of carbonyl (C=O) groups is 2. The van der Waals surface area contributed by atoms with Crippen LogP contribution in [0.4, 0.5) is 0 Å². The van der Waals surface area contributed by atoms with E-state index in [4.69, 9.17) is 18.9 Å². The fourth-order valence-corrected chi connectivity index (χ4v) is 4.44. The molecular weight excluding hydrogens is 384 g/mol. The van der Waals surface area contributed by atoms with Gasteiger partial charge in [0.1, 0.15) is 17.8 Å². The van der Waals surface area contributed by atoms with E-state index in [1.54, 1.807) is 13.8 Å². The van der Waals surface area contributed by atoms with Crippen LogP contribution in [0.1, 0.15) is 99.8 Å². The normalized spacial score (nSPS) is 30.4. The molecule has 0 aromatic heterocycles. The predicted molar refractivity (Wildman–Crippen MR) is 115 cm³/mol. The zero-order chi connectivity index (χ0) is 22.5. The first kappa shape index (κ1) is 25.1. The molecule has 2 rings (SSSR count). The number of esters is 2. The maximum absolute atomic E-state index is 13.1. The summed E-state index contributed by atoms with van der Waals surface area (Å²) in [6.07, 6.45) is 6.45. The molecule has 2 aliphatic carbocycles. The van der Waals surface area contributed by atoms with Gasteiger partial charge in [0.25, 0.3) is 0 Å². The average molecular weight is 427 g/mol. The van der Waals surface area contributed by atoms with Gasteiger partial charge in [-0.3, -0.25) is 4.79 Å². The molecule has 0 heterocycles. The van der Waals surface area contributed by atoms with Gasteiger partial charge in [-0.05, 0) is 73.1 Å². The molecule has 0 N–H and O–H groups in total. The Balaban J connectivity index is 2.03. The van der Waals surface area contributed by atoms with Crippen LogP contribution in [0.3, 0.4) is 0 Å². The molecule has 0 amide bonds. The second-order valence-electron chi connectivity index (χ2n) is 10.2. The molecule has 0 bridgehead atoms. The van der Waals surface area contributed by atoms with E-state index < -0.39 is 11.2 Å². The molecule has 0 aromatic rings. The third-order valence-electron chi connectivity index (χ3n) is 6.14. The van der Waals surface area contributed by atoms with Crippen LogP contribution in [0.15, 0.2) is 0 Å². The Bertz CT molecular complexity index is 584. The minimum Gasteiger partial charge on any atom is -0.459 e. The van der Waals surface area contributed by atoms with Crippen molar-refractivity contribution >= 4 is 11.9 Å². The van der Waals surface area contributed by atoms with E-state index in [9.17, 15) is 9.59 Å². The molecule has 0 aliphatic heterocycles. The van der Waals surface area contributed by atoms with Crippen LogP contribution in [-0.2, 0) is 28.5 Å². The quantitative estimate of drug-likeness (QED) is 0.511. The van der Waals surface area contributed by atoms with E-state index in [1.807, 2.05) is 34.6 Å². The number of ether oxygens (including phenoxy) is 4. The predicted octanol–water partition coefficient (Wildman–Crippen LogP) is 4.96. The Morgan fingerprint density at radius 3 is 2.10 bits per heavy atom. The van der Waals surface area contributed by atoms with E-state index in [1.165, 1.54) is 0 Å². The zero-order valence-electron chi connectivity index (χ0n) is 20.0. The molecule has 30 heavy (non-hydrogen) atoms. The Morgan fingerprint density at radius 2 is 1.50 bits per heavy atom. The lowest BCUT2D eigenvalue weighted by Gasteiger charge is -2.43. The van der Waals surface area contributed by atoms with Gasteiger partial charge in [-0.15, -0.1) is 0 Å². The van der Waals surface area contributed by atoms with E-state index in [2.05, 4.69) is 0 Å². The highest BCUT2D eigenvalue weighted by Gasteiger charge is 2.45. The van der Waals surface area contributed by atoms with Gasteiger partial charge in [-0.1, -0.05) is 26.7 Å². The van der Waals surface area contributed by atoms with Crippen LogP contribution in [0.5, 0.6) is 0 Å². The fraction of sp³-hybridized carbons (Fsp3) is 0.917. The Hall–Kier alpha value is -1.14. The highest BCUT2D eigenvalue weighted by molar-refractivity contribution is 5.79. The van der Waals surface area contributed by atoms with Crippen molar-refractivity contribution in [3.05, 3.63) is 0 Å². The molecule has 2 aliphatic rings. The van der Waals surface area contributed by atoms with Crippen molar-refractivity contribution in [2.45, 2.75) is 135 Å². The number of rotatable bonds is 8. The van der Waals surface area contributed by atoms with Crippen molar-refractivity contribution in [2.24, 2.45) is 5.92 Å². The van der Waals surface area contributed by atoms with Crippen LogP contribution < -0.4 is 0 Å². The molecule has 0 saturated heterocycles. The molecular formula is C24H42O6. The number of hydrogen-bond acceptors (Lipinski definition) is 6. The zero-order valence-corrected chi connectivity index (χ0v) is 20.0. The number of hydrogen-bond donors (Lipinski definition) is 0. The summed E-state index contributed by atoms with van der Waals surface area (Å²) in [5, 5.41) is 0. The van der Waals surface area contributed by atoms with Gasteiger partial charge in [-0.2, -0.15) is 0 Å². The summed E-state index contributed by atoms with van der Waals surface area (Å²) in [4.78, 5) is 25.2. The Kier molecular flexibility index (Phi) is 8.75. The van der Waals surface area contributed by atoms with Crippen molar-refractivity contribution in [3.63, 3.8) is 0 Å². The first-order chi connectivity index (χ1) is 13.9. The van der Waals surface area contributed by atoms with Gasteiger partial charge >= 0.3 is 11.9 Å². The van der Waals surface area contributed by atoms with Crippen LogP contribution in [0.25, 0.3) is 0 Å². The monoisotopic (exact) mass is 426 g/mol. The van der Waals surface area contributed by atoms with Crippen molar-refractivity contribution in [1.82, 2.24) is 0 Å². The van der Waals surface area contributed by atoms with Gasteiger partial charge in [0, 0.05) is 0 Å². The van der Waals surface area contributed by atoms with Crippen LogP contribution >= 0.6 is 0 Å². The summed E-state index contributed by atoms with van der Waals surface area (Å²) in [5.41, 5.74) is -1.60. The van der Waals surface area contributed by atoms with Crippen LogP contribution in [0, 0.1) is 5.92 Å². The maximum atomic E-state index is 13.1. The SMILES string of the molecule is CC(C)O[C@@]1(C)CCCCC1OC(=O)C(C)(C)OC1CCCCC1OC(=O)C(C)C. The molecule has 0 aromatic carbocycles. The molecule has 6 heteroatoms. The summed E-state index contributed by atoms with van der Waals surface area (Å²) in [6, 6.07) is 0. The summed E-state index contributed by atoms with van der Waals surface area (Å²) in [5.74, 6) is -0.789. The molecule has 4 atom stereocenters. The number of carbonyl (C=O) groups excluding carboxylic acids is 2. The Morgan fingerprint density at radius 1 is 0.900 bits per heavy atom. The minimum absolute atomic E-state index is 0.0669. The lowest BCUT2D eigenvalue weighted by molar-refractivity contribution is -0.215. The average Bonchev–Trinajstić information content (AvgIpc) is 2.64. The Labute approximate surface area is 182 Å².